The fraction of sp³-hybridized carbons (Fsp3) is 0.800. The Morgan fingerprint density at radius 2 is 2.10 bits per heavy atom. The topological polar surface area (TPSA) is 57.5 Å². The molecule has 0 bridgehead atoms. The largest absolute Gasteiger partial charge is 0.493 e. The number of rotatable bonds is 7. The van der Waals surface area contributed by atoms with Crippen LogP contribution in [0.3, 0.4) is 0 Å². The van der Waals surface area contributed by atoms with Crippen LogP contribution in [0.15, 0.2) is 6.20 Å². The predicted octanol–water partition coefficient (Wildman–Crippen LogP) is 1.76. The summed E-state index contributed by atoms with van der Waals surface area (Å²) in [4.78, 5) is 0. The molecule has 1 saturated heterocycles. The summed E-state index contributed by atoms with van der Waals surface area (Å²) in [6.07, 6.45) is 3.50. The highest BCUT2D eigenvalue weighted by atomic mass is 16.5. The predicted molar refractivity (Wildman–Crippen MR) is 80.7 cm³/mol. The third-order valence-electron chi connectivity index (χ3n) is 4.32. The van der Waals surface area contributed by atoms with Gasteiger partial charge in [-0.3, -0.25) is 4.68 Å². The maximum Gasteiger partial charge on any atom is 0.161 e. The summed E-state index contributed by atoms with van der Waals surface area (Å²) in [5, 5.41) is 8.01. The average molecular weight is 297 g/mol. The van der Waals surface area contributed by atoms with Gasteiger partial charge in [0.2, 0.25) is 0 Å². The Morgan fingerprint density at radius 1 is 1.38 bits per heavy atom. The third-order valence-corrected chi connectivity index (χ3v) is 4.32. The summed E-state index contributed by atoms with van der Waals surface area (Å²) in [5.74, 6) is 0.811. The van der Waals surface area contributed by atoms with Crippen molar-refractivity contribution < 1.29 is 14.2 Å². The molecule has 0 amide bonds. The molecule has 0 aromatic carbocycles. The first kappa shape index (κ1) is 16.3. The van der Waals surface area contributed by atoms with Gasteiger partial charge in [-0.05, 0) is 13.5 Å². The van der Waals surface area contributed by atoms with Crippen LogP contribution < -0.4 is 10.1 Å². The van der Waals surface area contributed by atoms with Gasteiger partial charge < -0.3 is 19.5 Å². The van der Waals surface area contributed by atoms with Crippen molar-refractivity contribution in [3.63, 3.8) is 0 Å². The molecule has 0 radical (unpaired) electrons. The van der Waals surface area contributed by atoms with E-state index in [-0.39, 0.29) is 11.6 Å². The van der Waals surface area contributed by atoms with Gasteiger partial charge in [-0.2, -0.15) is 5.10 Å². The van der Waals surface area contributed by atoms with Crippen molar-refractivity contribution in [3.05, 3.63) is 11.9 Å². The van der Waals surface area contributed by atoms with Crippen molar-refractivity contribution in [2.45, 2.75) is 44.9 Å². The molecule has 1 aliphatic rings. The van der Waals surface area contributed by atoms with Crippen LogP contribution in [-0.2, 0) is 16.0 Å². The van der Waals surface area contributed by atoms with E-state index in [2.05, 4.69) is 24.3 Å². The Kier molecular flexibility index (Phi) is 5.61. The quantitative estimate of drug-likeness (QED) is 0.831. The van der Waals surface area contributed by atoms with Crippen LogP contribution in [0.5, 0.6) is 5.75 Å². The van der Waals surface area contributed by atoms with E-state index in [4.69, 9.17) is 14.2 Å². The number of ether oxygens (including phenoxy) is 3. The Bertz CT molecular complexity index is 420. The lowest BCUT2D eigenvalue weighted by Gasteiger charge is -2.42. The molecule has 0 saturated carbocycles. The maximum absolute atomic E-state index is 5.98. The van der Waals surface area contributed by atoms with E-state index in [1.807, 2.05) is 4.68 Å². The summed E-state index contributed by atoms with van der Waals surface area (Å²) in [5.41, 5.74) is 0.778. The molecule has 1 atom stereocenters. The minimum absolute atomic E-state index is 0.0359. The van der Waals surface area contributed by atoms with Crippen molar-refractivity contribution in [2.24, 2.45) is 0 Å². The Balaban J connectivity index is 2.44. The van der Waals surface area contributed by atoms with E-state index >= 15 is 0 Å². The molecule has 0 aliphatic carbocycles. The molecular weight excluding hydrogens is 270 g/mol. The molecule has 0 spiro atoms. The van der Waals surface area contributed by atoms with Gasteiger partial charge in [0.25, 0.3) is 0 Å². The summed E-state index contributed by atoms with van der Waals surface area (Å²) >= 11 is 0. The number of aromatic nitrogens is 2. The Labute approximate surface area is 126 Å². The van der Waals surface area contributed by atoms with Crippen LogP contribution in [0.2, 0.25) is 0 Å². The lowest BCUT2D eigenvalue weighted by atomic mass is 9.83. The van der Waals surface area contributed by atoms with Crippen molar-refractivity contribution >= 4 is 0 Å². The standard InChI is InChI=1S/C15H27N3O3/c1-5-16-14(15(20-4)7-9-21-10-8-15)13-12(19-3)11-17-18(13)6-2/h11,14,16H,5-10H2,1-4H3. The summed E-state index contributed by atoms with van der Waals surface area (Å²) in [6, 6.07) is 0.0359. The first-order valence-corrected chi connectivity index (χ1v) is 7.68. The molecule has 2 heterocycles. The maximum atomic E-state index is 5.98. The van der Waals surface area contributed by atoms with Crippen LogP contribution in [0, 0.1) is 0 Å². The number of nitrogens with one attached hydrogen (secondary N) is 1. The van der Waals surface area contributed by atoms with Gasteiger partial charge in [0.15, 0.2) is 5.75 Å². The fourth-order valence-corrected chi connectivity index (χ4v) is 3.14. The third kappa shape index (κ3) is 3.07. The second-order valence-corrected chi connectivity index (χ2v) is 5.29. The van der Waals surface area contributed by atoms with Crippen LogP contribution in [-0.4, -0.2) is 49.4 Å². The van der Waals surface area contributed by atoms with Gasteiger partial charge in [-0.1, -0.05) is 6.92 Å². The second kappa shape index (κ2) is 7.24. The summed E-state index contributed by atoms with van der Waals surface area (Å²) in [6.45, 7) is 7.29. The van der Waals surface area contributed by atoms with Crippen molar-refractivity contribution in [2.75, 3.05) is 34.0 Å². The van der Waals surface area contributed by atoms with Gasteiger partial charge >= 0.3 is 0 Å². The highest BCUT2D eigenvalue weighted by Crippen LogP contribution is 2.40. The zero-order valence-corrected chi connectivity index (χ0v) is 13.5. The van der Waals surface area contributed by atoms with E-state index in [1.54, 1.807) is 20.4 Å². The number of hydrogen-bond donors (Lipinski definition) is 1. The smallest absolute Gasteiger partial charge is 0.161 e. The molecule has 1 unspecified atom stereocenters. The highest BCUT2D eigenvalue weighted by Gasteiger charge is 2.44. The number of nitrogens with zero attached hydrogens (tertiary/aromatic N) is 2. The van der Waals surface area contributed by atoms with E-state index in [0.29, 0.717) is 0 Å². The van der Waals surface area contributed by atoms with E-state index in [0.717, 1.165) is 50.6 Å². The van der Waals surface area contributed by atoms with Crippen LogP contribution in [0.25, 0.3) is 0 Å². The van der Waals surface area contributed by atoms with E-state index in [9.17, 15) is 0 Å². The Hall–Kier alpha value is -1.11. The molecule has 1 N–H and O–H groups in total. The van der Waals surface area contributed by atoms with Crippen LogP contribution in [0.4, 0.5) is 0 Å². The molecule has 120 valence electrons. The molecule has 1 fully saturated rings. The fourth-order valence-electron chi connectivity index (χ4n) is 3.14. The molecule has 6 heteroatoms. The zero-order valence-electron chi connectivity index (χ0n) is 13.5. The van der Waals surface area contributed by atoms with Gasteiger partial charge in [0.1, 0.15) is 5.69 Å². The molecule has 6 nitrogen and oxygen atoms in total. The summed E-state index contributed by atoms with van der Waals surface area (Å²) < 4.78 is 19.0. The van der Waals surface area contributed by atoms with Crippen LogP contribution >= 0.6 is 0 Å². The minimum atomic E-state index is -0.283. The average Bonchev–Trinajstić information content (AvgIpc) is 2.95. The zero-order chi connectivity index (χ0) is 15.3. The van der Waals surface area contributed by atoms with Crippen molar-refractivity contribution in [1.82, 2.24) is 15.1 Å². The van der Waals surface area contributed by atoms with E-state index < -0.39 is 0 Å². The number of methoxy groups -OCH3 is 2. The lowest BCUT2D eigenvalue weighted by molar-refractivity contribution is -0.113. The first-order chi connectivity index (χ1) is 10.2. The molecular formula is C15H27N3O3. The Morgan fingerprint density at radius 3 is 2.62 bits per heavy atom. The normalized spacial score (nSPS) is 19.4. The highest BCUT2D eigenvalue weighted by molar-refractivity contribution is 5.31. The van der Waals surface area contributed by atoms with Gasteiger partial charge in [0.05, 0.1) is 24.9 Å². The molecule has 1 aliphatic heterocycles. The second-order valence-electron chi connectivity index (χ2n) is 5.29. The molecule has 1 aromatic heterocycles. The van der Waals surface area contributed by atoms with Gasteiger partial charge in [0, 0.05) is 39.7 Å². The summed E-state index contributed by atoms with van der Waals surface area (Å²) in [7, 11) is 3.47. The van der Waals surface area contributed by atoms with Crippen LogP contribution in [0.1, 0.15) is 38.4 Å². The molecule has 2 rings (SSSR count). The van der Waals surface area contributed by atoms with Gasteiger partial charge in [-0.15, -0.1) is 0 Å². The number of hydrogen-bond acceptors (Lipinski definition) is 5. The molecule has 1 aromatic rings. The lowest BCUT2D eigenvalue weighted by Crippen LogP contribution is -2.50. The minimum Gasteiger partial charge on any atom is -0.493 e. The monoisotopic (exact) mass is 297 g/mol. The van der Waals surface area contributed by atoms with Crippen molar-refractivity contribution in [3.8, 4) is 5.75 Å². The van der Waals surface area contributed by atoms with Crippen molar-refractivity contribution in [1.29, 1.82) is 0 Å². The number of likely N-dealkylation sites (N-methyl/N-ethyl adjacent to an activating group) is 1. The SMILES string of the molecule is CCNC(c1c(OC)cnn1CC)C1(OC)CCOCC1. The van der Waals surface area contributed by atoms with E-state index in [1.165, 1.54) is 0 Å². The molecule has 21 heavy (non-hydrogen) atoms. The first-order valence-electron chi connectivity index (χ1n) is 7.68. The number of aryl methyl sites for hydroxylation is 1. The van der Waals surface area contributed by atoms with Gasteiger partial charge in [-0.25, -0.2) is 0 Å².